The molecular weight excluding hydrogens is 288 g/mol. The number of nitrogens with zero attached hydrogens (tertiary/aromatic N) is 1. The molecule has 128 valence electrons. The third kappa shape index (κ3) is 5.63. The van der Waals surface area contributed by atoms with Crippen LogP contribution in [0.25, 0.3) is 0 Å². The van der Waals surface area contributed by atoms with E-state index >= 15 is 0 Å². The molecule has 1 fully saturated rings. The van der Waals surface area contributed by atoms with E-state index in [0.29, 0.717) is 12.6 Å². The molecule has 1 amide bonds. The fourth-order valence-corrected chi connectivity index (χ4v) is 3.12. The largest absolute Gasteiger partial charge is 0.378 e. The molecule has 1 N–H and O–H groups in total. The zero-order valence-electron chi connectivity index (χ0n) is 14.7. The number of hydrogen-bond donors (Lipinski definition) is 1. The van der Waals surface area contributed by atoms with Crippen LogP contribution in [0.3, 0.4) is 0 Å². The van der Waals surface area contributed by atoms with E-state index in [-0.39, 0.29) is 11.9 Å². The summed E-state index contributed by atoms with van der Waals surface area (Å²) in [5.41, 5.74) is 2.23. The quantitative estimate of drug-likeness (QED) is 0.749. The third-order valence-electron chi connectivity index (χ3n) is 4.43. The number of ether oxygens (including phenoxy) is 1. The summed E-state index contributed by atoms with van der Waals surface area (Å²) < 4.78 is 5.83. The molecule has 0 aliphatic heterocycles. The topological polar surface area (TPSA) is 41.6 Å². The van der Waals surface area contributed by atoms with Crippen LogP contribution in [-0.2, 0) is 9.53 Å². The Balaban J connectivity index is 1.75. The van der Waals surface area contributed by atoms with E-state index < -0.39 is 0 Å². The first-order chi connectivity index (χ1) is 11.1. The van der Waals surface area contributed by atoms with E-state index in [1.807, 2.05) is 31.1 Å². The molecule has 0 aromatic heterocycles. The Hall–Kier alpha value is -1.39. The maximum absolute atomic E-state index is 12.5. The average Bonchev–Trinajstić information content (AvgIpc) is 3.02. The summed E-state index contributed by atoms with van der Waals surface area (Å²) in [4.78, 5) is 14.4. The van der Waals surface area contributed by atoms with Crippen molar-refractivity contribution in [3.8, 4) is 0 Å². The maximum Gasteiger partial charge on any atom is 0.241 e. The van der Waals surface area contributed by atoms with Crippen LogP contribution in [-0.4, -0.2) is 44.2 Å². The first-order valence-corrected chi connectivity index (χ1v) is 8.70. The lowest BCUT2D eigenvalue weighted by atomic mass is 10.0. The van der Waals surface area contributed by atoms with E-state index in [0.717, 1.165) is 18.6 Å². The lowest BCUT2D eigenvalue weighted by molar-refractivity contribution is -0.125. The molecule has 0 heterocycles. The van der Waals surface area contributed by atoms with Crippen LogP contribution in [0, 0.1) is 6.92 Å². The van der Waals surface area contributed by atoms with Crippen LogP contribution in [0.5, 0.6) is 0 Å². The van der Waals surface area contributed by atoms with E-state index in [1.165, 1.54) is 31.2 Å². The van der Waals surface area contributed by atoms with Gasteiger partial charge in [-0.25, -0.2) is 0 Å². The van der Waals surface area contributed by atoms with Crippen LogP contribution < -0.4 is 5.32 Å². The first-order valence-electron chi connectivity index (χ1n) is 8.70. The standard InChI is InChI=1S/C19H30N2O2/c1-15-9-11-16(12-10-15)18(21(2)3)19(22)20-13-6-14-23-17-7-4-5-8-17/h9-12,17-18H,4-8,13-14H2,1-3H3,(H,20,22). The van der Waals surface area contributed by atoms with Crippen molar-refractivity contribution in [2.24, 2.45) is 0 Å². The second-order valence-electron chi connectivity index (χ2n) is 6.70. The Bertz CT molecular complexity index is 479. The Morgan fingerprint density at radius 2 is 1.91 bits per heavy atom. The summed E-state index contributed by atoms with van der Waals surface area (Å²) in [6.45, 7) is 3.46. The zero-order valence-corrected chi connectivity index (χ0v) is 14.7. The van der Waals surface area contributed by atoms with Crippen molar-refractivity contribution in [2.75, 3.05) is 27.2 Å². The van der Waals surface area contributed by atoms with Crippen molar-refractivity contribution >= 4 is 5.91 Å². The summed E-state index contributed by atoms with van der Waals surface area (Å²) in [7, 11) is 3.88. The summed E-state index contributed by atoms with van der Waals surface area (Å²) in [5, 5.41) is 3.04. The predicted molar refractivity (Wildman–Crippen MR) is 93.4 cm³/mol. The van der Waals surface area contributed by atoms with Gasteiger partial charge in [-0.05, 0) is 45.8 Å². The van der Waals surface area contributed by atoms with Crippen LogP contribution in [0.2, 0.25) is 0 Å². The van der Waals surface area contributed by atoms with Gasteiger partial charge < -0.3 is 10.1 Å². The van der Waals surface area contributed by atoms with Gasteiger partial charge in [0.25, 0.3) is 0 Å². The van der Waals surface area contributed by atoms with Gasteiger partial charge >= 0.3 is 0 Å². The molecule has 1 aromatic rings. The minimum absolute atomic E-state index is 0.0553. The van der Waals surface area contributed by atoms with Gasteiger partial charge in [0.15, 0.2) is 0 Å². The van der Waals surface area contributed by atoms with Crippen molar-refractivity contribution < 1.29 is 9.53 Å². The summed E-state index contributed by atoms with van der Waals surface area (Å²) in [6.07, 6.45) is 6.31. The molecule has 1 aliphatic rings. The lowest BCUT2D eigenvalue weighted by Crippen LogP contribution is -2.37. The van der Waals surface area contributed by atoms with Gasteiger partial charge in [0.1, 0.15) is 6.04 Å². The number of carbonyl (C=O) groups excluding carboxylic acids is 1. The second kappa shape index (κ2) is 9.04. The van der Waals surface area contributed by atoms with Crippen LogP contribution >= 0.6 is 0 Å². The van der Waals surface area contributed by atoms with Gasteiger partial charge in [0.05, 0.1) is 6.10 Å². The molecule has 0 bridgehead atoms. The van der Waals surface area contributed by atoms with Crippen molar-refractivity contribution in [3.05, 3.63) is 35.4 Å². The van der Waals surface area contributed by atoms with Gasteiger partial charge in [0.2, 0.25) is 5.91 Å². The van der Waals surface area contributed by atoms with Crippen LogP contribution in [0.4, 0.5) is 0 Å². The summed E-state index contributed by atoms with van der Waals surface area (Å²) >= 11 is 0. The number of nitrogens with one attached hydrogen (secondary N) is 1. The van der Waals surface area contributed by atoms with Crippen LogP contribution in [0.15, 0.2) is 24.3 Å². The Kier molecular flexibility index (Phi) is 7.06. The summed E-state index contributed by atoms with van der Waals surface area (Å²) in [5.74, 6) is 0.0553. The Labute approximate surface area is 140 Å². The van der Waals surface area contributed by atoms with E-state index in [2.05, 4.69) is 24.4 Å². The molecule has 4 heteroatoms. The highest BCUT2D eigenvalue weighted by Crippen LogP contribution is 2.21. The average molecular weight is 318 g/mol. The fourth-order valence-electron chi connectivity index (χ4n) is 3.12. The summed E-state index contributed by atoms with van der Waals surface area (Å²) in [6, 6.07) is 7.92. The number of hydrogen-bond acceptors (Lipinski definition) is 3. The highest BCUT2D eigenvalue weighted by atomic mass is 16.5. The normalized spacial score (nSPS) is 16.7. The zero-order chi connectivity index (χ0) is 16.7. The number of likely N-dealkylation sites (N-methyl/N-ethyl adjacent to an activating group) is 1. The molecule has 4 nitrogen and oxygen atoms in total. The van der Waals surface area contributed by atoms with Gasteiger partial charge in [-0.15, -0.1) is 0 Å². The molecule has 1 unspecified atom stereocenters. The minimum atomic E-state index is -0.244. The minimum Gasteiger partial charge on any atom is -0.378 e. The number of rotatable bonds is 8. The number of aryl methyl sites for hydroxylation is 1. The molecule has 1 atom stereocenters. The monoisotopic (exact) mass is 318 g/mol. The molecule has 1 aromatic carbocycles. The molecule has 1 saturated carbocycles. The smallest absolute Gasteiger partial charge is 0.241 e. The van der Waals surface area contributed by atoms with E-state index in [9.17, 15) is 4.79 Å². The highest BCUT2D eigenvalue weighted by molar-refractivity contribution is 5.83. The molecular formula is C19H30N2O2. The van der Waals surface area contributed by atoms with Crippen molar-refractivity contribution in [1.29, 1.82) is 0 Å². The van der Waals surface area contributed by atoms with Crippen molar-refractivity contribution in [2.45, 2.75) is 51.2 Å². The predicted octanol–water partition coefficient (Wildman–Crippen LogP) is 3.06. The number of amides is 1. The lowest BCUT2D eigenvalue weighted by Gasteiger charge is -2.24. The fraction of sp³-hybridized carbons (Fsp3) is 0.632. The van der Waals surface area contributed by atoms with Gasteiger partial charge in [-0.2, -0.15) is 0 Å². The Morgan fingerprint density at radius 1 is 1.26 bits per heavy atom. The van der Waals surface area contributed by atoms with Crippen LogP contribution in [0.1, 0.15) is 49.3 Å². The molecule has 1 aliphatic carbocycles. The second-order valence-corrected chi connectivity index (χ2v) is 6.70. The van der Waals surface area contributed by atoms with Gasteiger partial charge in [-0.3, -0.25) is 9.69 Å². The van der Waals surface area contributed by atoms with Crippen molar-refractivity contribution in [1.82, 2.24) is 10.2 Å². The molecule has 0 radical (unpaired) electrons. The molecule has 23 heavy (non-hydrogen) atoms. The highest BCUT2D eigenvalue weighted by Gasteiger charge is 2.22. The molecule has 0 saturated heterocycles. The van der Waals surface area contributed by atoms with E-state index in [4.69, 9.17) is 4.74 Å². The molecule has 2 rings (SSSR count). The number of carbonyl (C=O) groups is 1. The van der Waals surface area contributed by atoms with Gasteiger partial charge in [-0.1, -0.05) is 42.7 Å². The van der Waals surface area contributed by atoms with E-state index in [1.54, 1.807) is 0 Å². The van der Waals surface area contributed by atoms with Crippen molar-refractivity contribution in [3.63, 3.8) is 0 Å². The van der Waals surface area contributed by atoms with Gasteiger partial charge in [0, 0.05) is 13.2 Å². The number of benzene rings is 1. The maximum atomic E-state index is 12.5. The first kappa shape index (κ1) is 18.0. The Morgan fingerprint density at radius 3 is 2.52 bits per heavy atom. The molecule has 0 spiro atoms. The third-order valence-corrected chi connectivity index (χ3v) is 4.43. The SMILES string of the molecule is Cc1ccc(C(C(=O)NCCCOC2CCCC2)N(C)C)cc1.